The zero-order valence-electron chi connectivity index (χ0n) is 12.7. The van der Waals surface area contributed by atoms with Crippen LogP contribution >= 0.6 is 0 Å². The van der Waals surface area contributed by atoms with E-state index >= 15 is 0 Å². The van der Waals surface area contributed by atoms with E-state index in [0.717, 1.165) is 19.6 Å². The molecule has 2 nitrogen and oxygen atoms in total. The van der Waals surface area contributed by atoms with Crippen LogP contribution in [0.2, 0.25) is 0 Å². The molecule has 1 aliphatic rings. The monoisotopic (exact) mass is 260 g/mol. The first-order chi connectivity index (χ1) is 9.20. The summed E-state index contributed by atoms with van der Waals surface area (Å²) < 4.78 is 0. The van der Waals surface area contributed by atoms with E-state index in [9.17, 15) is 0 Å². The molecular weight excluding hydrogens is 232 g/mol. The van der Waals surface area contributed by atoms with Crippen molar-refractivity contribution in [1.82, 2.24) is 10.2 Å². The van der Waals surface area contributed by atoms with Gasteiger partial charge < -0.3 is 5.32 Å². The van der Waals surface area contributed by atoms with Crippen LogP contribution in [0, 0.1) is 0 Å². The second kappa shape index (κ2) is 7.06. The largest absolute Gasteiger partial charge is 0.309 e. The highest BCUT2D eigenvalue weighted by Crippen LogP contribution is 2.19. The minimum Gasteiger partial charge on any atom is -0.309 e. The summed E-state index contributed by atoms with van der Waals surface area (Å²) in [5.41, 5.74) is 4.44. The minimum atomic E-state index is 0.628. The number of hydrogen-bond donors (Lipinski definition) is 1. The Morgan fingerprint density at radius 2 is 1.95 bits per heavy atom. The zero-order chi connectivity index (χ0) is 13.7. The molecule has 0 aliphatic carbocycles. The molecule has 2 rings (SSSR count). The number of fused-ring (bicyclic) bond motifs is 1. The Labute approximate surface area is 118 Å². The van der Waals surface area contributed by atoms with Gasteiger partial charge in [0.1, 0.15) is 0 Å². The predicted octanol–water partition coefficient (Wildman–Crippen LogP) is 3.69. The lowest BCUT2D eigenvalue weighted by molar-refractivity contribution is 0.208. The van der Waals surface area contributed by atoms with Crippen molar-refractivity contribution in [3.63, 3.8) is 0 Å². The summed E-state index contributed by atoms with van der Waals surface area (Å²) in [6.07, 6.45) is 3.97. The van der Waals surface area contributed by atoms with Crippen molar-refractivity contribution >= 4 is 0 Å². The molecule has 0 saturated heterocycles. The Balaban J connectivity index is 1.96. The standard InChI is InChI=1S/C17H28N2/c1-4-5-6-9-19(14(2)3)13-15-7-8-16-11-18-12-17(16)10-15/h7-8,10,14,18H,4-6,9,11-13H2,1-3H3. The Hall–Kier alpha value is -0.860. The molecule has 1 heterocycles. The van der Waals surface area contributed by atoms with Crippen LogP contribution in [0.4, 0.5) is 0 Å². The van der Waals surface area contributed by atoms with E-state index in [-0.39, 0.29) is 0 Å². The highest BCUT2D eigenvalue weighted by molar-refractivity contribution is 5.34. The first-order valence-corrected chi connectivity index (χ1v) is 7.76. The maximum atomic E-state index is 3.42. The number of unbranched alkanes of at least 4 members (excludes halogenated alkanes) is 2. The first-order valence-electron chi connectivity index (χ1n) is 7.76. The van der Waals surface area contributed by atoms with E-state index in [2.05, 4.69) is 49.2 Å². The zero-order valence-corrected chi connectivity index (χ0v) is 12.7. The van der Waals surface area contributed by atoms with Crippen LogP contribution in [0.3, 0.4) is 0 Å². The topological polar surface area (TPSA) is 15.3 Å². The fourth-order valence-electron chi connectivity index (χ4n) is 2.77. The van der Waals surface area contributed by atoms with Crippen molar-refractivity contribution < 1.29 is 0 Å². The van der Waals surface area contributed by atoms with Crippen molar-refractivity contribution in [2.45, 2.75) is 65.7 Å². The van der Waals surface area contributed by atoms with Gasteiger partial charge in [-0.2, -0.15) is 0 Å². The average molecular weight is 260 g/mol. The van der Waals surface area contributed by atoms with Crippen LogP contribution in [0.25, 0.3) is 0 Å². The fourth-order valence-corrected chi connectivity index (χ4v) is 2.77. The van der Waals surface area contributed by atoms with Gasteiger partial charge in [0.2, 0.25) is 0 Å². The summed E-state index contributed by atoms with van der Waals surface area (Å²) in [5.74, 6) is 0. The molecule has 0 radical (unpaired) electrons. The molecule has 2 heteroatoms. The Morgan fingerprint density at radius 1 is 1.16 bits per heavy atom. The predicted molar refractivity (Wildman–Crippen MR) is 82.1 cm³/mol. The maximum absolute atomic E-state index is 3.42. The molecule has 1 aromatic rings. The molecule has 19 heavy (non-hydrogen) atoms. The van der Waals surface area contributed by atoms with Crippen LogP contribution in [-0.4, -0.2) is 17.5 Å². The van der Waals surface area contributed by atoms with Gasteiger partial charge in [0.05, 0.1) is 0 Å². The summed E-state index contributed by atoms with van der Waals surface area (Å²) in [7, 11) is 0. The normalized spacial score (nSPS) is 14.4. The summed E-state index contributed by atoms with van der Waals surface area (Å²) in [5, 5.41) is 3.42. The highest BCUT2D eigenvalue weighted by Gasteiger charge is 2.13. The molecule has 0 aromatic heterocycles. The average Bonchev–Trinajstić information content (AvgIpc) is 2.85. The molecular formula is C17H28N2. The summed E-state index contributed by atoms with van der Waals surface area (Å²) in [6.45, 7) is 11.3. The number of rotatable bonds is 7. The molecule has 0 bridgehead atoms. The third kappa shape index (κ3) is 4.05. The summed E-state index contributed by atoms with van der Waals surface area (Å²) in [6, 6.07) is 7.63. The van der Waals surface area contributed by atoms with E-state index in [1.165, 1.54) is 42.5 Å². The molecule has 0 unspecified atom stereocenters. The van der Waals surface area contributed by atoms with Gasteiger partial charge in [0, 0.05) is 25.7 Å². The van der Waals surface area contributed by atoms with Gasteiger partial charge in [0.15, 0.2) is 0 Å². The SMILES string of the molecule is CCCCCN(Cc1ccc2c(c1)CNC2)C(C)C. The summed E-state index contributed by atoms with van der Waals surface area (Å²) >= 11 is 0. The van der Waals surface area contributed by atoms with Crippen molar-refractivity contribution in [2.24, 2.45) is 0 Å². The molecule has 0 fully saturated rings. The second-order valence-electron chi connectivity index (χ2n) is 5.98. The quantitative estimate of drug-likeness (QED) is 0.752. The van der Waals surface area contributed by atoms with E-state index in [1.807, 2.05) is 0 Å². The van der Waals surface area contributed by atoms with E-state index < -0.39 is 0 Å². The Morgan fingerprint density at radius 3 is 2.68 bits per heavy atom. The summed E-state index contributed by atoms with van der Waals surface area (Å²) in [4.78, 5) is 2.60. The lowest BCUT2D eigenvalue weighted by Crippen LogP contribution is -2.31. The van der Waals surface area contributed by atoms with Crippen LogP contribution < -0.4 is 5.32 Å². The molecule has 1 N–H and O–H groups in total. The highest BCUT2D eigenvalue weighted by atomic mass is 15.1. The van der Waals surface area contributed by atoms with E-state index in [4.69, 9.17) is 0 Å². The molecule has 0 amide bonds. The Bertz CT molecular complexity index is 398. The van der Waals surface area contributed by atoms with Crippen molar-refractivity contribution in [1.29, 1.82) is 0 Å². The molecule has 1 aliphatic heterocycles. The van der Waals surface area contributed by atoms with Gasteiger partial charge in [-0.15, -0.1) is 0 Å². The van der Waals surface area contributed by atoms with Crippen molar-refractivity contribution in [2.75, 3.05) is 6.54 Å². The van der Waals surface area contributed by atoms with Crippen LogP contribution in [0.5, 0.6) is 0 Å². The van der Waals surface area contributed by atoms with E-state index in [1.54, 1.807) is 0 Å². The number of nitrogens with one attached hydrogen (secondary N) is 1. The van der Waals surface area contributed by atoms with Crippen LogP contribution in [0.1, 0.15) is 56.7 Å². The number of hydrogen-bond acceptors (Lipinski definition) is 2. The molecule has 0 atom stereocenters. The third-order valence-corrected chi connectivity index (χ3v) is 4.07. The van der Waals surface area contributed by atoms with Gasteiger partial charge in [-0.1, -0.05) is 38.0 Å². The van der Waals surface area contributed by atoms with Gasteiger partial charge in [-0.05, 0) is 43.5 Å². The first kappa shape index (κ1) is 14.5. The van der Waals surface area contributed by atoms with E-state index in [0.29, 0.717) is 6.04 Å². The minimum absolute atomic E-state index is 0.628. The van der Waals surface area contributed by atoms with Gasteiger partial charge >= 0.3 is 0 Å². The van der Waals surface area contributed by atoms with Gasteiger partial charge in [-0.25, -0.2) is 0 Å². The number of nitrogens with zero attached hydrogens (tertiary/aromatic N) is 1. The molecule has 1 aromatic carbocycles. The molecule has 0 saturated carbocycles. The van der Waals surface area contributed by atoms with Gasteiger partial charge in [-0.3, -0.25) is 4.90 Å². The molecule has 106 valence electrons. The van der Waals surface area contributed by atoms with Crippen molar-refractivity contribution in [3.05, 3.63) is 34.9 Å². The lowest BCUT2D eigenvalue weighted by atomic mass is 10.1. The maximum Gasteiger partial charge on any atom is 0.0236 e. The second-order valence-corrected chi connectivity index (χ2v) is 5.98. The van der Waals surface area contributed by atoms with Gasteiger partial charge in [0.25, 0.3) is 0 Å². The Kier molecular flexibility index (Phi) is 5.41. The van der Waals surface area contributed by atoms with Crippen LogP contribution in [-0.2, 0) is 19.6 Å². The fraction of sp³-hybridized carbons (Fsp3) is 0.647. The molecule has 0 spiro atoms. The van der Waals surface area contributed by atoms with Crippen LogP contribution in [0.15, 0.2) is 18.2 Å². The lowest BCUT2D eigenvalue weighted by Gasteiger charge is -2.26. The van der Waals surface area contributed by atoms with Crippen molar-refractivity contribution in [3.8, 4) is 0 Å². The third-order valence-electron chi connectivity index (χ3n) is 4.07. The number of benzene rings is 1. The smallest absolute Gasteiger partial charge is 0.0236 e.